The van der Waals surface area contributed by atoms with E-state index in [2.05, 4.69) is 21.3 Å². The molecule has 0 spiro atoms. The summed E-state index contributed by atoms with van der Waals surface area (Å²) >= 11 is 6.21. The van der Waals surface area contributed by atoms with Crippen LogP contribution in [0.2, 0.25) is 5.02 Å². The highest BCUT2D eigenvalue weighted by Crippen LogP contribution is 2.31. The van der Waals surface area contributed by atoms with Crippen LogP contribution in [0.3, 0.4) is 0 Å². The SMILES string of the molecule is CC[C@H](C)[C@@H]1NC(=O)[C@H](CC2CCCCC2)N(C)C(=O)C[C@@H](C)N(C)C(=O)[C@H](CC(C)C)NC(=O)C(C)(C)N(C)C(=O)[C@@H](CC(C)C)NC(=O)[C@H](CCc2ccc(C(F)(F)F)cc2)NC(=O)CN(C)C(=O)[C@H](Cc2ccc(Cl)cc2)N(C)C(=O)CN(C)C(=O)CN(C)C1=O. The number of likely N-dealkylation sites (N-methyl/N-ethyl adjacent to an activating group) is 7. The average molecular weight is 1340 g/mol. The van der Waals surface area contributed by atoms with Gasteiger partial charge in [-0.15, -0.1) is 0 Å². The van der Waals surface area contributed by atoms with E-state index in [1.54, 1.807) is 52.0 Å². The van der Waals surface area contributed by atoms with Gasteiger partial charge in [-0.05, 0) is 112 Å². The third kappa shape index (κ3) is 22.7. The summed E-state index contributed by atoms with van der Waals surface area (Å²) in [6, 6.07) is 2.50. The number of carbonyl (C=O) groups excluding carboxylic acids is 11. The Kier molecular flexibility index (Phi) is 29.8. The van der Waals surface area contributed by atoms with E-state index in [4.69, 9.17) is 11.6 Å². The van der Waals surface area contributed by atoms with Crippen molar-refractivity contribution in [2.24, 2.45) is 23.7 Å². The molecule has 26 heteroatoms. The minimum atomic E-state index is -4.63. The molecule has 2 fully saturated rings. The number of hydrogen-bond donors (Lipinski definition) is 4. The molecule has 1 aliphatic carbocycles. The first-order chi connectivity index (χ1) is 43.8. The molecular weight excluding hydrogens is 1240 g/mol. The Morgan fingerprint density at radius 3 is 1.66 bits per heavy atom. The van der Waals surface area contributed by atoms with Crippen LogP contribution in [0.4, 0.5) is 13.2 Å². The number of nitrogens with zero attached hydrogens (tertiary/aromatic N) is 7. The van der Waals surface area contributed by atoms with Crippen LogP contribution in [0.15, 0.2) is 48.5 Å². The smallest absolute Gasteiger partial charge is 0.343 e. The van der Waals surface area contributed by atoms with E-state index >= 15 is 0 Å². The van der Waals surface area contributed by atoms with Gasteiger partial charge in [0.15, 0.2) is 0 Å². The molecule has 1 saturated heterocycles. The molecule has 4 N–H and O–H groups in total. The van der Waals surface area contributed by atoms with Crippen LogP contribution in [-0.4, -0.2) is 216 Å². The monoisotopic (exact) mass is 1340 g/mol. The van der Waals surface area contributed by atoms with Crippen molar-refractivity contribution < 1.29 is 65.9 Å². The molecule has 0 unspecified atom stereocenters. The number of nitrogens with one attached hydrogen (secondary N) is 4. The van der Waals surface area contributed by atoms with Crippen molar-refractivity contribution >= 4 is 76.6 Å². The van der Waals surface area contributed by atoms with Gasteiger partial charge in [-0.25, -0.2) is 0 Å². The maximum atomic E-state index is 14.8. The Hall–Kier alpha value is -7.31. The predicted octanol–water partition coefficient (Wildman–Crippen LogP) is 6.10. The minimum Gasteiger partial charge on any atom is -0.343 e. The molecule has 94 heavy (non-hydrogen) atoms. The number of hydrogen-bond acceptors (Lipinski definition) is 11. The molecule has 0 radical (unpaired) electrons. The van der Waals surface area contributed by atoms with Gasteiger partial charge in [-0.1, -0.05) is 116 Å². The zero-order chi connectivity index (χ0) is 70.9. The minimum absolute atomic E-state index is 0.0287. The maximum absolute atomic E-state index is 14.8. The summed E-state index contributed by atoms with van der Waals surface area (Å²) in [5.41, 5.74) is -1.66. The lowest BCUT2D eigenvalue weighted by Gasteiger charge is -2.39. The zero-order valence-electron chi connectivity index (χ0n) is 57.9. The normalized spacial score (nSPS) is 24.4. The molecule has 0 aromatic heterocycles. The number of halogens is 4. The van der Waals surface area contributed by atoms with Crippen molar-refractivity contribution in [2.45, 2.75) is 200 Å². The fourth-order valence-corrected chi connectivity index (χ4v) is 11.7. The van der Waals surface area contributed by atoms with Gasteiger partial charge in [0.1, 0.15) is 41.8 Å². The molecule has 2 aromatic rings. The van der Waals surface area contributed by atoms with Crippen molar-refractivity contribution in [1.82, 2.24) is 55.6 Å². The van der Waals surface area contributed by atoms with Gasteiger partial charge in [0.05, 0.1) is 25.2 Å². The van der Waals surface area contributed by atoms with Crippen LogP contribution in [0.25, 0.3) is 0 Å². The van der Waals surface area contributed by atoms with Gasteiger partial charge in [0.2, 0.25) is 65.0 Å². The standard InChI is InChI=1S/C68H103ClF3N11O11/c1-17-43(6)59-65(93)79(12)39-57(86)77(10)40-58(87)82(15)54(37-47-25-30-49(69)31-26-47)64(92)78(11)38-55(84)73-50(32-27-45-23-28-48(29-24-45)68(70,71)72)60(88)74-52(34-42(4)5)63(91)83(16)67(8,9)66(94)75-51(33-41(2)3)62(90)80(13)44(7)35-56(85)81(14)53(61(89)76-59)36-46-21-19-18-20-22-46/h23-26,28-31,41-44,46,50-54,59H,17-22,27,32-40H2,1-16H3,(H,73,84)(H,74,88)(H,75,94)(H,76,89)/t43-,44+,50-,51-,52+,53-,54-,59-/m0/s1. The second kappa shape index (κ2) is 35.4. The highest BCUT2D eigenvalue weighted by atomic mass is 35.5. The molecule has 2 aromatic carbocycles. The molecular formula is C68H103ClF3N11O11. The summed E-state index contributed by atoms with van der Waals surface area (Å²) in [4.78, 5) is 168. The largest absolute Gasteiger partial charge is 0.416 e. The summed E-state index contributed by atoms with van der Waals surface area (Å²) in [6.45, 7) is 13.8. The molecule has 1 heterocycles. The van der Waals surface area contributed by atoms with Gasteiger partial charge in [-0.3, -0.25) is 52.7 Å². The topological polar surface area (TPSA) is 259 Å². The Labute approximate surface area is 558 Å². The molecule has 524 valence electrons. The summed E-state index contributed by atoms with van der Waals surface area (Å²) in [5.74, 6) is -8.23. The van der Waals surface area contributed by atoms with Crippen molar-refractivity contribution in [3.63, 3.8) is 0 Å². The second-order valence-corrected chi connectivity index (χ2v) is 27.7. The quantitative estimate of drug-likeness (QED) is 0.178. The van der Waals surface area contributed by atoms with Crippen LogP contribution in [0, 0.1) is 23.7 Å². The average Bonchev–Trinajstić information content (AvgIpc) is 0.845. The Balaban J connectivity index is 1.84. The molecule has 2 aliphatic rings. The predicted molar refractivity (Wildman–Crippen MR) is 352 cm³/mol. The lowest BCUT2D eigenvalue weighted by atomic mass is 9.84. The van der Waals surface area contributed by atoms with Crippen LogP contribution in [0.1, 0.15) is 150 Å². The second-order valence-electron chi connectivity index (χ2n) is 27.3. The number of amides is 11. The van der Waals surface area contributed by atoms with E-state index in [0.717, 1.165) is 68.7 Å². The first kappa shape index (κ1) is 79.1. The lowest BCUT2D eigenvalue weighted by Crippen LogP contribution is -2.63. The Bertz CT molecular complexity index is 2960. The number of rotatable bonds is 13. The Morgan fingerprint density at radius 1 is 0.574 bits per heavy atom. The fourth-order valence-electron chi connectivity index (χ4n) is 11.6. The summed E-state index contributed by atoms with van der Waals surface area (Å²) in [6.07, 6.45) is 0.278. The van der Waals surface area contributed by atoms with E-state index in [1.165, 1.54) is 85.1 Å². The fraction of sp³-hybridized carbons (Fsp3) is 0.662. The first-order valence-electron chi connectivity index (χ1n) is 32.7. The van der Waals surface area contributed by atoms with Crippen LogP contribution in [0.5, 0.6) is 0 Å². The molecule has 1 saturated carbocycles. The van der Waals surface area contributed by atoms with Gasteiger partial charge in [0, 0.05) is 73.2 Å². The van der Waals surface area contributed by atoms with E-state index in [0.29, 0.717) is 29.0 Å². The number of benzene rings is 2. The van der Waals surface area contributed by atoms with E-state index in [1.807, 2.05) is 20.8 Å². The highest BCUT2D eigenvalue weighted by molar-refractivity contribution is 6.30. The number of carbonyl (C=O) groups is 11. The van der Waals surface area contributed by atoms with E-state index in [-0.39, 0.29) is 56.3 Å². The molecule has 22 nitrogen and oxygen atoms in total. The van der Waals surface area contributed by atoms with Crippen LogP contribution < -0.4 is 21.3 Å². The molecule has 11 amide bonds. The lowest BCUT2D eigenvalue weighted by molar-refractivity contribution is -0.149. The van der Waals surface area contributed by atoms with Crippen LogP contribution >= 0.6 is 11.6 Å². The van der Waals surface area contributed by atoms with Gasteiger partial charge in [0.25, 0.3) is 0 Å². The van der Waals surface area contributed by atoms with E-state index < -0.39 is 150 Å². The van der Waals surface area contributed by atoms with Crippen molar-refractivity contribution in [3.8, 4) is 0 Å². The maximum Gasteiger partial charge on any atom is 0.416 e. The number of alkyl halides is 3. The van der Waals surface area contributed by atoms with Crippen molar-refractivity contribution in [1.29, 1.82) is 0 Å². The summed E-state index contributed by atoms with van der Waals surface area (Å²) < 4.78 is 40.8. The van der Waals surface area contributed by atoms with Gasteiger partial charge >= 0.3 is 6.18 Å². The van der Waals surface area contributed by atoms with Gasteiger partial charge in [-0.2, -0.15) is 13.2 Å². The van der Waals surface area contributed by atoms with Crippen molar-refractivity contribution in [3.05, 3.63) is 70.2 Å². The summed E-state index contributed by atoms with van der Waals surface area (Å²) in [5, 5.41) is 11.6. The molecule has 0 bridgehead atoms. The highest BCUT2D eigenvalue weighted by Gasteiger charge is 2.43. The number of aryl methyl sites for hydroxylation is 1. The van der Waals surface area contributed by atoms with E-state index in [9.17, 15) is 65.9 Å². The van der Waals surface area contributed by atoms with Gasteiger partial charge < -0.3 is 55.6 Å². The molecule has 1 aliphatic heterocycles. The molecule has 8 atom stereocenters. The zero-order valence-corrected chi connectivity index (χ0v) is 58.7. The molecule has 4 rings (SSSR count). The first-order valence-corrected chi connectivity index (χ1v) is 33.1. The summed E-state index contributed by atoms with van der Waals surface area (Å²) in [7, 11) is 9.81. The van der Waals surface area contributed by atoms with Crippen molar-refractivity contribution in [2.75, 3.05) is 69.0 Å². The Morgan fingerprint density at radius 2 is 1.11 bits per heavy atom. The van der Waals surface area contributed by atoms with Crippen LogP contribution in [-0.2, 0) is 71.8 Å². The third-order valence-corrected chi connectivity index (χ3v) is 18.8. The third-order valence-electron chi connectivity index (χ3n) is 18.5.